The van der Waals surface area contributed by atoms with Gasteiger partial charge in [-0.3, -0.25) is 0 Å². The lowest BCUT2D eigenvalue weighted by Crippen LogP contribution is -2.37. The number of rotatable bonds is 3. The van der Waals surface area contributed by atoms with Crippen LogP contribution in [0.2, 0.25) is 0 Å². The Kier molecular flexibility index (Phi) is 4.16. The minimum Gasteiger partial charge on any atom is -0.331 e. The summed E-state index contributed by atoms with van der Waals surface area (Å²) >= 11 is 3.48. The molecule has 0 amide bonds. The Labute approximate surface area is 154 Å². The van der Waals surface area contributed by atoms with Gasteiger partial charge in [-0.15, -0.1) is 0 Å². The SMILES string of the molecule is O=S(=O)(c1ccc(Br)c2ccccc12)C1(c2ccccc2)OCCO1. The van der Waals surface area contributed by atoms with Gasteiger partial charge in [0.1, 0.15) is 0 Å². The summed E-state index contributed by atoms with van der Waals surface area (Å²) in [4.78, 5) is 0.192. The lowest BCUT2D eigenvalue weighted by atomic mass is 10.1. The Morgan fingerprint density at radius 3 is 2.08 bits per heavy atom. The smallest absolute Gasteiger partial charge is 0.306 e. The topological polar surface area (TPSA) is 52.6 Å². The molecule has 1 aliphatic rings. The minimum atomic E-state index is -3.96. The molecule has 1 saturated heterocycles. The first kappa shape index (κ1) is 16.7. The second-order valence-corrected chi connectivity index (χ2v) is 8.55. The second kappa shape index (κ2) is 6.21. The van der Waals surface area contributed by atoms with Crippen molar-refractivity contribution >= 4 is 36.5 Å². The third-order valence-electron chi connectivity index (χ3n) is 4.27. The molecule has 0 saturated carbocycles. The molecule has 128 valence electrons. The van der Waals surface area contributed by atoms with E-state index in [0.29, 0.717) is 10.9 Å². The Hall–Kier alpha value is -1.73. The molecule has 1 fully saturated rings. The van der Waals surface area contributed by atoms with Crippen molar-refractivity contribution in [3.05, 3.63) is 76.8 Å². The fraction of sp³-hybridized carbons (Fsp3) is 0.158. The van der Waals surface area contributed by atoms with Crippen LogP contribution >= 0.6 is 15.9 Å². The van der Waals surface area contributed by atoms with Gasteiger partial charge in [0.2, 0.25) is 9.84 Å². The predicted molar refractivity (Wildman–Crippen MR) is 98.9 cm³/mol. The third kappa shape index (κ3) is 2.52. The van der Waals surface area contributed by atoms with E-state index in [-0.39, 0.29) is 18.1 Å². The van der Waals surface area contributed by atoms with Crippen LogP contribution in [0.3, 0.4) is 0 Å². The molecule has 3 aromatic rings. The predicted octanol–water partition coefficient (Wildman–Crippen LogP) is 4.23. The molecular weight excluding hydrogens is 404 g/mol. The maximum absolute atomic E-state index is 13.6. The van der Waals surface area contributed by atoms with E-state index in [0.717, 1.165) is 9.86 Å². The molecular formula is C19H15BrO4S. The van der Waals surface area contributed by atoms with Crippen molar-refractivity contribution in [2.75, 3.05) is 13.2 Å². The lowest BCUT2D eigenvalue weighted by Gasteiger charge is -2.28. The summed E-state index contributed by atoms with van der Waals surface area (Å²) in [6.45, 7) is 0.450. The number of sulfone groups is 1. The van der Waals surface area contributed by atoms with Crippen LogP contribution in [0.4, 0.5) is 0 Å². The second-order valence-electron chi connectivity index (χ2n) is 5.71. The van der Waals surface area contributed by atoms with Crippen molar-refractivity contribution in [2.24, 2.45) is 0 Å². The molecule has 0 aliphatic carbocycles. The van der Waals surface area contributed by atoms with Crippen molar-refractivity contribution in [2.45, 2.75) is 10.0 Å². The number of fused-ring (bicyclic) bond motifs is 1. The van der Waals surface area contributed by atoms with Gasteiger partial charge in [-0.25, -0.2) is 8.42 Å². The van der Waals surface area contributed by atoms with Crippen LogP contribution in [0.25, 0.3) is 10.8 Å². The molecule has 1 heterocycles. The van der Waals surface area contributed by atoms with Crippen molar-refractivity contribution in [1.82, 2.24) is 0 Å². The van der Waals surface area contributed by atoms with Gasteiger partial charge in [-0.1, -0.05) is 70.5 Å². The molecule has 0 aromatic heterocycles. The Balaban J connectivity index is 2.00. The maximum Gasteiger partial charge on any atom is 0.306 e. The Bertz CT molecular complexity index is 1030. The lowest BCUT2D eigenvalue weighted by molar-refractivity contribution is -0.0902. The summed E-state index contributed by atoms with van der Waals surface area (Å²) in [5, 5.41) is -0.360. The van der Waals surface area contributed by atoms with E-state index < -0.39 is 15.0 Å². The quantitative estimate of drug-likeness (QED) is 0.638. The van der Waals surface area contributed by atoms with E-state index in [1.54, 1.807) is 42.5 Å². The fourth-order valence-electron chi connectivity index (χ4n) is 3.13. The molecule has 6 heteroatoms. The zero-order valence-electron chi connectivity index (χ0n) is 13.2. The standard InChI is InChI=1S/C19H15BrO4S/c20-17-10-11-18(16-9-5-4-8-15(16)17)25(21,22)19(23-12-13-24-19)14-6-2-1-3-7-14/h1-11H,12-13H2. The highest BCUT2D eigenvalue weighted by molar-refractivity contribution is 9.10. The largest absolute Gasteiger partial charge is 0.331 e. The summed E-state index contributed by atoms with van der Waals surface area (Å²) in [5.74, 6) is 0. The van der Waals surface area contributed by atoms with Crippen LogP contribution in [-0.2, 0) is 24.4 Å². The molecule has 25 heavy (non-hydrogen) atoms. The number of ether oxygens (including phenoxy) is 2. The van der Waals surface area contributed by atoms with Crippen molar-refractivity contribution in [1.29, 1.82) is 0 Å². The summed E-state index contributed by atoms with van der Waals surface area (Å²) in [6.07, 6.45) is 0. The molecule has 0 spiro atoms. The van der Waals surface area contributed by atoms with E-state index in [2.05, 4.69) is 15.9 Å². The zero-order chi connectivity index (χ0) is 17.5. The fourth-order valence-corrected chi connectivity index (χ4v) is 5.53. The highest BCUT2D eigenvalue weighted by Gasteiger charge is 2.52. The molecule has 0 bridgehead atoms. The van der Waals surface area contributed by atoms with Gasteiger partial charge >= 0.3 is 5.12 Å². The monoisotopic (exact) mass is 418 g/mol. The highest BCUT2D eigenvalue weighted by atomic mass is 79.9. The molecule has 4 nitrogen and oxygen atoms in total. The van der Waals surface area contributed by atoms with Crippen LogP contribution < -0.4 is 0 Å². The maximum atomic E-state index is 13.6. The van der Waals surface area contributed by atoms with Gasteiger partial charge in [0.25, 0.3) is 0 Å². The zero-order valence-corrected chi connectivity index (χ0v) is 15.6. The van der Waals surface area contributed by atoms with Crippen LogP contribution in [0.15, 0.2) is 76.1 Å². The van der Waals surface area contributed by atoms with E-state index in [4.69, 9.17) is 9.47 Å². The van der Waals surface area contributed by atoms with E-state index in [1.807, 2.05) is 24.3 Å². The summed E-state index contributed by atoms with van der Waals surface area (Å²) < 4.78 is 39.5. The Morgan fingerprint density at radius 1 is 0.800 bits per heavy atom. The van der Waals surface area contributed by atoms with Gasteiger partial charge in [-0.05, 0) is 17.5 Å². The van der Waals surface area contributed by atoms with E-state index >= 15 is 0 Å². The average molecular weight is 419 g/mol. The van der Waals surface area contributed by atoms with Crippen LogP contribution in [0.5, 0.6) is 0 Å². The van der Waals surface area contributed by atoms with Gasteiger partial charge in [-0.2, -0.15) is 0 Å². The van der Waals surface area contributed by atoms with Crippen molar-refractivity contribution in [3.8, 4) is 0 Å². The van der Waals surface area contributed by atoms with Gasteiger partial charge in [0.15, 0.2) is 0 Å². The minimum absolute atomic E-state index is 0.192. The molecule has 0 atom stereocenters. The van der Waals surface area contributed by atoms with Crippen LogP contribution in [-0.4, -0.2) is 21.6 Å². The Morgan fingerprint density at radius 2 is 1.40 bits per heavy atom. The number of hydrogen-bond donors (Lipinski definition) is 0. The summed E-state index contributed by atoms with van der Waals surface area (Å²) in [5.41, 5.74) is 0.472. The van der Waals surface area contributed by atoms with E-state index in [1.165, 1.54) is 0 Å². The first-order valence-electron chi connectivity index (χ1n) is 7.81. The third-order valence-corrected chi connectivity index (χ3v) is 7.07. The average Bonchev–Trinajstić information content (AvgIpc) is 3.14. The first-order chi connectivity index (χ1) is 12.1. The number of hydrogen-bond acceptors (Lipinski definition) is 4. The number of halogens is 1. The van der Waals surface area contributed by atoms with Crippen LogP contribution in [0.1, 0.15) is 5.56 Å². The van der Waals surface area contributed by atoms with Gasteiger partial charge in [0.05, 0.1) is 18.1 Å². The highest BCUT2D eigenvalue weighted by Crippen LogP contribution is 2.43. The van der Waals surface area contributed by atoms with Gasteiger partial charge < -0.3 is 9.47 Å². The summed E-state index contributed by atoms with van der Waals surface area (Å²) in [6, 6.07) is 19.5. The number of benzene rings is 3. The molecule has 0 radical (unpaired) electrons. The molecule has 3 aromatic carbocycles. The molecule has 4 rings (SSSR count). The molecule has 0 N–H and O–H groups in total. The van der Waals surface area contributed by atoms with Crippen molar-refractivity contribution < 1.29 is 17.9 Å². The van der Waals surface area contributed by atoms with Gasteiger partial charge in [0, 0.05) is 15.4 Å². The van der Waals surface area contributed by atoms with Crippen molar-refractivity contribution in [3.63, 3.8) is 0 Å². The molecule has 1 aliphatic heterocycles. The first-order valence-corrected chi connectivity index (χ1v) is 10.1. The van der Waals surface area contributed by atoms with E-state index in [9.17, 15) is 8.42 Å². The molecule has 0 unspecified atom stereocenters. The van der Waals surface area contributed by atoms with Crippen LogP contribution in [0, 0.1) is 0 Å². The normalized spacial score (nSPS) is 17.0. The summed E-state index contributed by atoms with van der Waals surface area (Å²) in [7, 11) is -3.96.